The van der Waals surface area contributed by atoms with E-state index in [-0.39, 0.29) is 5.60 Å². The van der Waals surface area contributed by atoms with Crippen LogP contribution in [0, 0.1) is 0 Å². The van der Waals surface area contributed by atoms with Gasteiger partial charge in [-0.25, -0.2) is 13.1 Å². The van der Waals surface area contributed by atoms with Crippen LogP contribution in [-0.2, 0) is 14.8 Å². The number of ether oxygens (including phenoxy) is 1. The van der Waals surface area contributed by atoms with Gasteiger partial charge in [0.25, 0.3) is 0 Å². The lowest BCUT2D eigenvalue weighted by atomic mass is 10.1. The fourth-order valence-corrected chi connectivity index (χ4v) is 4.07. The van der Waals surface area contributed by atoms with E-state index < -0.39 is 10.0 Å². The van der Waals surface area contributed by atoms with Gasteiger partial charge in [-0.3, -0.25) is 0 Å². The lowest BCUT2D eigenvalue weighted by molar-refractivity contribution is -0.00443. The zero-order chi connectivity index (χ0) is 19.4. The van der Waals surface area contributed by atoms with Gasteiger partial charge in [-0.2, -0.15) is 0 Å². The first-order valence-electron chi connectivity index (χ1n) is 8.94. The second-order valence-corrected chi connectivity index (χ2v) is 9.32. The molecule has 0 spiro atoms. The maximum absolute atomic E-state index is 12.8. The van der Waals surface area contributed by atoms with Crippen LogP contribution < -0.4 is 9.62 Å². The predicted molar refractivity (Wildman–Crippen MR) is 108 cm³/mol. The Morgan fingerprint density at radius 1 is 1.00 bits per heavy atom. The van der Waals surface area contributed by atoms with Crippen molar-refractivity contribution in [1.29, 1.82) is 0 Å². The average Bonchev–Trinajstić information content (AvgIpc) is 2.55. The molecule has 2 aromatic carbocycles. The predicted octanol–water partition coefficient (Wildman–Crippen LogP) is 3.78. The molecule has 0 unspecified atom stereocenters. The molecule has 0 amide bonds. The third-order valence-electron chi connectivity index (χ3n) is 4.03. The normalized spacial score (nSPS) is 12.5. The van der Waals surface area contributed by atoms with Crippen LogP contribution >= 0.6 is 0 Å². The minimum atomic E-state index is -3.55. The number of unbranched alkanes of at least 4 members (excludes halogenated alkanes) is 1. The van der Waals surface area contributed by atoms with Crippen molar-refractivity contribution in [2.45, 2.75) is 44.1 Å². The third kappa shape index (κ3) is 5.43. The standard InChI is InChI=1S/C20H30N2O3S/c1-20(2,3)25-15-7-6-14-21-26(23,24)19-13-9-10-16-17(19)11-8-12-18(16)22(4)5/h8-13,21H,6-7,14-15H2,1-5H3. The third-order valence-corrected chi connectivity index (χ3v) is 5.55. The molecule has 0 aromatic heterocycles. The Balaban J connectivity index is 2.09. The minimum absolute atomic E-state index is 0.160. The summed E-state index contributed by atoms with van der Waals surface area (Å²) in [7, 11) is 0.350. The van der Waals surface area contributed by atoms with Crippen LogP contribution in [0.2, 0.25) is 0 Å². The highest BCUT2D eigenvalue weighted by Gasteiger charge is 2.18. The van der Waals surface area contributed by atoms with Gasteiger partial charge in [-0.15, -0.1) is 0 Å². The summed E-state index contributed by atoms with van der Waals surface area (Å²) in [5, 5.41) is 1.67. The van der Waals surface area contributed by atoms with Gasteiger partial charge in [-0.05, 0) is 45.7 Å². The van der Waals surface area contributed by atoms with E-state index in [4.69, 9.17) is 4.74 Å². The van der Waals surface area contributed by atoms with Gasteiger partial charge in [0, 0.05) is 43.7 Å². The number of nitrogens with zero attached hydrogens (tertiary/aromatic N) is 1. The molecule has 0 saturated carbocycles. The Hall–Kier alpha value is -1.63. The number of sulfonamides is 1. The van der Waals surface area contributed by atoms with Crippen molar-refractivity contribution in [3.8, 4) is 0 Å². The summed E-state index contributed by atoms with van der Waals surface area (Å²) in [6.07, 6.45) is 1.56. The molecule has 0 aliphatic heterocycles. The summed E-state index contributed by atoms with van der Waals surface area (Å²) < 4.78 is 33.9. The van der Waals surface area contributed by atoms with Crippen molar-refractivity contribution in [1.82, 2.24) is 4.72 Å². The average molecular weight is 379 g/mol. The Morgan fingerprint density at radius 3 is 2.31 bits per heavy atom. The maximum Gasteiger partial charge on any atom is 0.241 e. The second-order valence-electron chi connectivity index (χ2n) is 7.59. The summed E-state index contributed by atoms with van der Waals surface area (Å²) in [5.74, 6) is 0. The highest BCUT2D eigenvalue weighted by atomic mass is 32.2. The van der Waals surface area contributed by atoms with Gasteiger partial charge < -0.3 is 9.64 Å². The SMILES string of the molecule is CN(C)c1cccc2c(S(=O)(=O)NCCCCOC(C)(C)C)cccc12. The van der Waals surface area contributed by atoms with Crippen molar-refractivity contribution in [2.75, 3.05) is 32.1 Å². The van der Waals surface area contributed by atoms with Crippen LogP contribution in [0.25, 0.3) is 10.8 Å². The van der Waals surface area contributed by atoms with E-state index in [0.717, 1.165) is 29.3 Å². The molecule has 2 aromatic rings. The highest BCUT2D eigenvalue weighted by Crippen LogP contribution is 2.30. The lowest BCUT2D eigenvalue weighted by Gasteiger charge is -2.19. The van der Waals surface area contributed by atoms with Gasteiger partial charge >= 0.3 is 0 Å². The highest BCUT2D eigenvalue weighted by molar-refractivity contribution is 7.89. The number of anilines is 1. The van der Waals surface area contributed by atoms with Crippen molar-refractivity contribution in [3.63, 3.8) is 0 Å². The number of nitrogens with one attached hydrogen (secondary N) is 1. The van der Waals surface area contributed by atoms with E-state index in [1.54, 1.807) is 12.1 Å². The fraction of sp³-hybridized carbons (Fsp3) is 0.500. The fourth-order valence-electron chi connectivity index (χ4n) is 2.78. The van der Waals surface area contributed by atoms with E-state index in [2.05, 4.69) is 4.72 Å². The zero-order valence-corrected chi connectivity index (χ0v) is 17.2. The largest absolute Gasteiger partial charge is 0.377 e. The topological polar surface area (TPSA) is 58.6 Å². The molecule has 144 valence electrons. The molecule has 5 nitrogen and oxygen atoms in total. The van der Waals surface area contributed by atoms with E-state index in [1.165, 1.54) is 0 Å². The first-order chi connectivity index (χ1) is 12.1. The number of rotatable bonds is 8. The molecule has 0 aliphatic rings. The summed E-state index contributed by atoms with van der Waals surface area (Å²) in [6.45, 7) is 7.07. The Kier molecular flexibility index (Phi) is 6.66. The Bertz CT molecular complexity index is 840. The van der Waals surface area contributed by atoms with Gasteiger partial charge in [0.05, 0.1) is 10.5 Å². The van der Waals surface area contributed by atoms with Gasteiger partial charge in [0.1, 0.15) is 0 Å². The van der Waals surface area contributed by atoms with E-state index in [0.29, 0.717) is 18.0 Å². The van der Waals surface area contributed by atoms with Crippen LogP contribution in [0.1, 0.15) is 33.6 Å². The molecule has 0 bridgehead atoms. The van der Waals surface area contributed by atoms with Crippen molar-refractivity contribution < 1.29 is 13.2 Å². The maximum atomic E-state index is 12.8. The molecule has 0 atom stereocenters. The van der Waals surface area contributed by atoms with Crippen molar-refractivity contribution >= 4 is 26.5 Å². The number of fused-ring (bicyclic) bond motifs is 1. The van der Waals surface area contributed by atoms with Crippen LogP contribution in [0.15, 0.2) is 41.3 Å². The molecule has 0 radical (unpaired) electrons. The molecule has 26 heavy (non-hydrogen) atoms. The van der Waals surface area contributed by atoms with Crippen LogP contribution in [-0.4, -0.2) is 41.3 Å². The van der Waals surface area contributed by atoms with E-state index in [9.17, 15) is 8.42 Å². The molecular formula is C20H30N2O3S. The molecule has 0 aliphatic carbocycles. The number of hydrogen-bond donors (Lipinski definition) is 1. The quantitative estimate of drug-likeness (QED) is 0.710. The van der Waals surface area contributed by atoms with Gasteiger partial charge in [0.2, 0.25) is 10.0 Å². The summed E-state index contributed by atoms with van der Waals surface area (Å²) in [4.78, 5) is 2.31. The molecule has 0 fully saturated rings. The lowest BCUT2D eigenvalue weighted by Crippen LogP contribution is -2.26. The first kappa shape index (κ1) is 20.7. The second kappa shape index (κ2) is 8.37. The molecule has 1 N–H and O–H groups in total. The summed E-state index contributed by atoms with van der Waals surface area (Å²) >= 11 is 0. The molecule has 0 heterocycles. The summed E-state index contributed by atoms with van der Waals surface area (Å²) in [6, 6.07) is 11.1. The van der Waals surface area contributed by atoms with Crippen LogP contribution in [0.5, 0.6) is 0 Å². The van der Waals surface area contributed by atoms with Crippen molar-refractivity contribution in [3.05, 3.63) is 36.4 Å². The summed E-state index contributed by atoms with van der Waals surface area (Å²) in [5.41, 5.74) is 0.839. The Morgan fingerprint density at radius 2 is 1.65 bits per heavy atom. The number of hydrogen-bond acceptors (Lipinski definition) is 4. The van der Waals surface area contributed by atoms with Gasteiger partial charge in [0.15, 0.2) is 0 Å². The van der Waals surface area contributed by atoms with E-state index in [1.807, 2.05) is 64.0 Å². The minimum Gasteiger partial charge on any atom is -0.377 e. The van der Waals surface area contributed by atoms with Crippen LogP contribution in [0.4, 0.5) is 5.69 Å². The Labute approximate surface area is 157 Å². The monoisotopic (exact) mass is 378 g/mol. The molecule has 2 rings (SSSR count). The molecular weight excluding hydrogens is 348 g/mol. The van der Waals surface area contributed by atoms with Crippen molar-refractivity contribution in [2.24, 2.45) is 0 Å². The van der Waals surface area contributed by atoms with E-state index >= 15 is 0 Å². The molecule has 6 heteroatoms. The van der Waals surface area contributed by atoms with Gasteiger partial charge in [-0.1, -0.05) is 24.3 Å². The zero-order valence-electron chi connectivity index (χ0n) is 16.4. The number of benzene rings is 2. The smallest absolute Gasteiger partial charge is 0.241 e. The molecule has 0 saturated heterocycles. The first-order valence-corrected chi connectivity index (χ1v) is 10.4. The van der Waals surface area contributed by atoms with Crippen LogP contribution in [0.3, 0.4) is 0 Å².